The van der Waals surface area contributed by atoms with Crippen molar-refractivity contribution in [3.63, 3.8) is 0 Å². The highest BCUT2D eigenvalue weighted by Crippen LogP contribution is 2.32. The van der Waals surface area contributed by atoms with Gasteiger partial charge in [-0.05, 0) is 49.8 Å². The van der Waals surface area contributed by atoms with Gasteiger partial charge in [-0.1, -0.05) is 45.4 Å². The van der Waals surface area contributed by atoms with Gasteiger partial charge in [0.2, 0.25) is 0 Å². The van der Waals surface area contributed by atoms with E-state index in [1.165, 1.54) is 0 Å². The van der Waals surface area contributed by atoms with Crippen molar-refractivity contribution in [3.05, 3.63) is 46.2 Å². The van der Waals surface area contributed by atoms with Crippen molar-refractivity contribution in [2.24, 2.45) is 5.92 Å². The molecule has 2 aromatic rings. The molecule has 1 aliphatic rings. The van der Waals surface area contributed by atoms with Gasteiger partial charge in [0, 0.05) is 18.1 Å². The van der Waals surface area contributed by atoms with Crippen LogP contribution < -0.4 is 0 Å². The summed E-state index contributed by atoms with van der Waals surface area (Å²) in [6, 6.07) is 7.51. The standard InChI is InChI=1S/C24H32ClN3O3/c1-6-31-24(30)17-9-8-12-27(14-17)23(29)20-21(15(2)3)26-28(22(20)16(4)5)19-11-7-10-18(25)13-19/h7,10-11,13,15-17H,6,8-9,12,14H2,1-5H3/t17-/m1/s1. The van der Waals surface area contributed by atoms with Crippen LogP contribution >= 0.6 is 11.6 Å². The van der Waals surface area contributed by atoms with Crippen LogP contribution in [0, 0.1) is 5.92 Å². The quantitative estimate of drug-likeness (QED) is 0.574. The molecule has 0 bridgehead atoms. The van der Waals surface area contributed by atoms with Gasteiger partial charge in [0.15, 0.2) is 0 Å². The minimum atomic E-state index is -0.273. The zero-order chi connectivity index (χ0) is 22.7. The Kier molecular flexibility index (Phi) is 7.42. The molecular formula is C24H32ClN3O3. The third-order valence-corrected chi connectivity index (χ3v) is 5.87. The molecule has 1 saturated heterocycles. The summed E-state index contributed by atoms with van der Waals surface area (Å²) in [5, 5.41) is 5.48. The average Bonchev–Trinajstić information content (AvgIpc) is 3.15. The summed E-state index contributed by atoms with van der Waals surface area (Å²) in [6.07, 6.45) is 1.53. The first-order chi connectivity index (χ1) is 14.7. The van der Waals surface area contributed by atoms with Crippen molar-refractivity contribution in [3.8, 4) is 5.69 Å². The first-order valence-corrected chi connectivity index (χ1v) is 11.5. The van der Waals surface area contributed by atoms with Crippen LogP contribution in [0.25, 0.3) is 5.69 Å². The van der Waals surface area contributed by atoms with E-state index >= 15 is 0 Å². The van der Waals surface area contributed by atoms with Crippen LogP contribution in [0.5, 0.6) is 0 Å². The Morgan fingerprint density at radius 2 is 1.97 bits per heavy atom. The number of carbonyl (C=O) groups is 2. The van der Waals surface area contributed by atoms with E-state index in [9.17, 15) is 9.59 Å². The summed E-state index contributed by atoms with van der Waals surface area (Å²) >= 11 is 6.23. The monoisotopic (exact) mass is 445 g/mol. The molecule has 1 fully saturated rings. The fourth-order valence-corrected chi connectivity index (χ4v) is 4.37. The third-order valence-electron chi connectivity index (χ3n) is 5.64. The maximum Gasteiger partial charge on any atom is 0.310 e. The van der Waals surface area contributed by atoms with Gasteiger partial charge >= 0.3 is 5.97 Å². The molecule has 1 amide bonds. The summed E-state index contributed by atoms with van der Waals surface area (Å²) in [6.45, 7) is 11.4. The molecule has 0 radical (unpaired) electrons. The molecule has 0 N–H and O–H groups in total. The van der Waals surface area contributed by atoms with Crippen LogP contribution in [0.2, 0.25) is 5.02 Å². The number of aromatic nitrogens is 2. The van der Waals surface area contributed by atoms with Crippen LogP contribution in [0.1, 0.15) is 81.0 Å². The fourth-order valence-electron chi connectivity index (χ4n) is 4.18. The Balaban J connectivity index is 2.05. The molecule has 0 aliphatic carbocycles. The highest BCUT2D eigenvalue weighted by Gasteiger charge is 2.34. The van der Waals surface area contributed by atoms with Gasteiger partial charge in [0.05, 0.1) is 35.2 Å². The number of rotatable bonds is 6. The molecule has 168 valence electrons. The van der Waals surface area contributed by atoms with Crippen molar-refractivity contribution in [2.75, 3.05) is 19.7 Å². The molecule has 2 heterocycles. The lowest BCUT2D eigenvalue weighted by Crippen LogP contribution is -2.43. The van der Waals surface area contributed by atoms with Crippen molar-refractivity contribution in [2.45, 2.75) is 59.3 Å². The maximum atomic E-state index is 13.8. The van der Waals surface area contributed by atoms with E-state index in [1.54, 1.807) is 11.8 Å². The first kappa shape index (κ1) is 23.3. The Morgan fingerprint density at radius 1 is 1.23 bits per heavy atom. The molecule has 31 heavy (non-hydrogen) atoms. The molecule has 7 heteroatoms. The van der Waals surface area contributed by atoms with Crippen molar-refractivity contribution in [1.82, 2.24) is 14.7 Å². The van der Waals surface area contributed by atoms with Gasteiger partial charge < -0.3 is 9.64 Å². The van der Waals surface area contributed by atoms with E-state index in [2.05, 4.69) is 13.8 Å². The Hall–Kier alpha value is -2.34. The molecular weight excluding hydrogens is 414 g/mol. The van der Waals surface area contributed by atoms with Gasteiger partial charge in [-0.3, -0.25) is 9.59 Å². The van der Waals surface area contributed by atoms with Crippen LogP contribution in [-0.2, 0) is 9.53 Å². The smallest absolute Gasteiger partial charge is 0.310 e. The number of hydrogen-bond donors (Lipinski definition) is 0. The summed E-state index contributed by atoms with van der Waals surface area (Å²) in [5.74, 6) is -0.408. The predicted molar refractivity (Wildman–Crippen MR) is 122 cm³/mol. The lowest BCUT2D eigenvalue weighted by Gasteiger charge is -2.32. The highest BCUT2D eigenvalue weighted by atomic mass is 35.5. The Labute approximate surface area is 189 Å². The number of piperidine rings is 1. The summed E-state index contributed by atoms with van der Waals surface area (Å²) < 4.78 is 7.06. The average molecular weight is 446 g/mol. The van der Waals surface area contributed by atoms with Gasteiger partial charge in [0.25, 0.3) is 5.91 Å². The second-order valence-corrected chi connectivity index (χ2v) is 9.13. The minimum Gasteiger partial charge on any atom is -0.466 e. The number of esters is 1. The molecule has 0 saturated carbocycles. The summed E-state index contributed by atoms with van der Waals surface area (Å²) in [4.78, 5) is 27.9. The summed E-state index contributed by atoms with van der Waals surface area (Å²) in [7, 11) is 0. The number of amides is 1. The Morgan fingerprint density at radius 3 is 2.58 bits per heavy atom. The zero-order valence-corrected chi connectivity index (χ0v) is 19.8. The SMILES string of the molecule is CCOC(=O)[C@@H]1CCCN(C(=O)c2c(C(C)C)nn(-c3cccc(Cl)c3)c2C(C)C)C1. The molecule has 1 aromatic carbocycles. The van der Waals surface area contributed by atoms with Crippen molar-refractivity contribution < 1.29 is 14.3 Å². The van der Waals surface area contributed by atoms with Crippen molar-refractivity contribution >= 4 is 23.5 Å². The first-order valence-electron chi connectivity index (χ1n) is 11.1. The molecule has 1 aromatic heterocycles. The minimum absolute atomic E-state index is 0.0605. The highest BCUT2D eigenvalue weighted by molar-refractivity contribution is 6.30. The second kappa shape index (κ2) is 9.86. The molecule has 3 rings (SSSR count). The zero-order valence-electron chi connectivity index (χ0n) is 19.0. The van der Waals surface area contributed by atoms with Crippen LogP contribution in [0.15, 0.2) is 24.3 Å². The topological polar surface area (TPSA) is 64.4 Å². The molecule has 1 aliphatic heterocycles. The van der Waals surface area contributed by atoms with Crippen molar-refractivity contribution in [1.29, 1.82) is 0 Å². The van der Waals surface area contributed by atoms with E-state index in [-0.39, 0.29) is 29.6 Å². The number of hydrogen-bond acceptors (Lipinski definition) is 4. The molecule has 0 unspecified atom stereocenters. The molecule has 6 nitrogen and oxygen atoms in total. The summed E-state index contributed by atoms with van der Waals surface area (Å²) in [5.41, 5.74) is 3.12. The van der Waals surface area contributed by atoms with Gasteiger partial charge in [-0.2, -0.15) is 5.10 Å². The van der Waals surface area contributed by atoms with E-state index in [4.69, 9.17) is 21.4 Å². The van der Waals surface area contributed by atoms with Gasteiger partial charge in [0.1, 0.15) is 0 Å². The number of halogens is 1. The molecule has 1 atom stereocenters. The van der Waals surface area contributed by atoms with E-state index in [1.807, 2.05) is 42.8 Å². The van der Waals surface area contributed by atoms with Crippen LogP contribution in [-0.4, -0.2) is 46.3 Å². The number of carbonyl (C=O) groups excluding carboxylic acids is 2. The lowest BCUT2D eigenvalue weighted by molar-refractivity contribution is -0.149. The van der Waals surface area contributed by atoms with Crippen LogP contribution in [0.3, 0.4) is 0 Å². The predicted octanol–water partition coefficient (Wildman–Crippen LogP) is 5.19. The number of nitrogens with zero attached hydrogens (tertiary/aromatic N) is 3. The number of likely N-dealkylation sites (tertiary alicyclic amines) is 1. The van der Waals surface area contributed by atoms with E-state index < -0.39 is 0 Å². The number of ether oxygens (including phenoxy) is 1. The second-order valence-electron chi connectivity index (χ2n) is 8.69. The Bertz CT molecular complexity index is 952. The van der Waals surface area contributed by atoms with Crippen LogP contribution in [0.4, 0.5) is 0 Å². The normalized spacial score (nSPS) is 16.8. The largest absolute Gasteiger partial charge is 0.466 e. The molecule has 0 spiro atoms. The van der Waals surface area contributed by atoms with Gasteiger partial charge in [-0.25, -0.2) is 4.68 Å². The third kappa shape index (κ3) is 4.95. The van der Waals surface area contributed by atoms with Gasteiger partial charge in [-0.15, -0.1) is 0 Å². The number of benzene rings is 1. The fraction of sp³-hybridized carbons (Fsp3) is 0.542. The van der Waals surface area contributed by atoms with E-state index in [0.717, 1.165) is 29.9 Å². The van der Waals surface area contributed by atoms with E-state index in [0.29, 0.717) is 30.3 Å². The maximum absolute atomic E-state index is 13.8. The lowest BCUT2D eigenvalue weighted by atomic mass is 9.94.